The first kappa shape index (κ1) is 13.8. The van der Waals surface area contributed by atoms with Gasteiger partial charge in [-0.05, 0) is 31.9 Å². The van der Waals surface area contributed by atoms with Crippen molar-refractivity contribution in [3.63, 3.8) is 0 Å². The number of likely N-dealkylation sites (tertiary alicyclic amines) is 1. The topological polar surface area (TPSA) is 52.6 Å². The third kappa shape index (κ3) is 3.44. The summed E-state index contributed by atoms with van der Waals surface area (Å²) in [4.78, 5) is 13.7. The molecule has 2 atom stereocenters. The Kier molecular flexibility index (Phi) is 4.37. The molecule has 0 saturated carbocycles. The van der Waals surface area contributed by atoms with Crippen LogP contribution in [0.25, 0.3) is 0 Å². The van der Waals surface area contributed by atoms with Gasteiger partial charge in [-0.15, -0.1) is 0 Å². The molecule has 1 aliphatic rings. The standard InChI is InChI=1S/C14H19FN2O2/c1-10(18)11-5-4-8-17(9-11)14(19)16-13-7-3-2-6-12(13)15/h2-3,6-7,10-11,18H,4-5,8-9H2,1H3,(H,16,19). The number of para-hydroxylation sites is 1. The maximum Gasteiger partial charge on any atom is 0.321 e. The van der Waals surface area contributed by atoms with E-state index in [1.165, 1.54) is 12.1 Å². The fourth-order valence-corrected chi connectivity index (χ4v) is 2.35. The number of carbonyl (C=O) groups excluding carboxylic acids is 1. The molecule has 0 radical (unpaired) electrons. The number of amides is 2. The molecular formula is C14H19FN2O2. The van der Waals surface area contributed by atoms with E-state index in [1.54, 1.807) is 24.0 Å². The maximum atomic E-state index is 13.4. The van der Waals surface area contributed by atoms with Crippen LogP contribution in [0, 0.1) is 11.7 Å². The molecule has 1 heterocycles. The summed E-state index contributed by atoms with van der Waals surface area (Å²) in [5, 5.41) is 12.2. The Labute approximate surface area is 112 Å². The first-order valence-electron chi connectivity index (χ1n) is 6.56. The average molecular weight is 266 g/mol. The first-order chi connectivity index (χ1) is 9.08. The summed E-state index contributed by atoms with van der Waals surface area (Å²) in [6.07, 6.45) is 1.35. The molecule has 1 aliphatic heterocycles. The molecule has 2 rings (SSSR count). The maximum absolute atomic E-state index is 13.4. The summed E-state index contributed by atoms with van der Waals surface area (Å²) < 4.78 is 13.4. The number of urea groups is 1. The number of nitrogens with one attached hydrogen (secondary N) is 1. The van der Waals surface area contributed by atoms with Crippen LogP contribution in [-0.4, -0.2) is 35.2 Å². The van der Waals surface area contributed by atoms with Crippen molar-refractivity contribution >= 4 is 11.7 Å². The Morgan fingerprint density at radius 3 is 2.95 bits per heavy atom. The van der Waals surface area contributed by atoms with Crippen LogP contribution in [-0.2, 0) is 0 Å². The highest BCUT2D eigenvalue weighted by molar-refractivity contribution is 5.89. The minimum absolute atomic E-state index is 0.0973. The van der Waals surface area contributed by atoms with Crippen molar-refractivity contribution in [3.05, 3.63) is 30.1 Å². The number of aliphatic hydroxyl groups is 1. The number of nitrogens with zero attached hydrogens (tertiary/aromatic N) is 1. The van der Waals surface area contributed by atoms with E-state index in [0.717, 1.165) is 12.8 Å². The van der Waals surface area contributed by atoms with E-state index < -0.39 is 11.9 Å². The van der Waals surface area contributed by atoms with Crippen LogP contribution in [0.3, 0.4) is 0 Å². The van der Waals surface area contributed by atoms with Gasteiger partial charge in [0.2, 0.25) is 0 Å². The molecule has 0 aromatic heterocycles. The number of carbonyl (C=O) groups is 1. The number of hydrogen-bond donors (Lipinski definition) is 2. The predicted molar refractivity (Wildman–Crippen MR) is 71.4 cm³/mol. The van der Waals surface area contributed by atoms with Crippen LogP contribution in [0.2, 0.25) is 0 Å². The number of benzene rings is 1. The number of halogens is 1. The molecule has 0 aliphatic carbocycles. The van der Waals surface area contributed by atoms with Gasteiger partial charge in [0, 0.05) is 19.0 Å². The summed E-state index contributed by atoms with van der Waals surface area (Å²) in [5.41, 5.74) is 0.187. The lowest BCUT2D eigenvalue weighted by atomic mass is 9.94. The SMILES string of the molecule is CC(O)C1CCCN(C(=O)Nc2ccccc2F)C1. The third-order valence-electron chi connectivity index (χ3n) is 3.54. The van der Waals surface area contributed by atoms with Gasteiger partial charge in [-0.1, -0.05) is 12.1 Å². The zero-order chi connectivity index (χ0) is 13.8. The van der Waals surface area contributed by atoms with Crippen molar-refractivity contribution in [1.82, 2.24) is 4.90 Å². The second kappa shape index (κ2) is 6.02. The molecule has 2 N–H and O–H groups in total. The average Bonchev–Trinajstić information content (AvgIpc) is 2.41. The Hall–Kier alpha value is -1.62. The Morgan fingerprint density at radius 2 is 2.26 bits per heavy atom. The van der Waals surface area contributed by atoms with Gasteiger partial charge >= 0.3 is 6.03 Å². The van der Waals surface area contributed by atoms with Crippen LogP contribution in [0.1, 0.15) is 19.8 Å². The molecule has 19 heavy (non-hydrogen) atoms. The first-order valence-corrected chi connectivity index (χ1v) is 6.56. The molecule has 1 fully saturated rings. The Balaban J connectivity index is 1.98. The third-order valence-corrected chi connectivity index (χ3v) is 3.54. The largest absolute Gasteiger partial charge is 0.393 e. The fraction of sp³-hybridized carbons (Fsp3) is 0.500. The molecule has 5 heteroatoms. The van der Waals surface area contributed by atoms with E-state index in [0.29, 0.717) is 13.1 Å². The van der Waals surface area contributed by atoms with Crippen molar-refractivity contribution < 1.29 is 14.3 Å². The van der Waals surface area contributed by atoms with Crippen LogP contribution in [0.4, 0.5) is 14.9 Å². The van der Waals surface area contributed by atoms with Crippen molar-refractivity contribution in [2.45, 2.75) is 25.9 Å². The van der Waals surface area contributed by atoms with Crippen LogP contribution in [0.15, 0.2) is 24.3 Å². The monoisotopic (exact) mass is 266 g/mol. The lowest BCUT2D eigenvalue weighted by Crippen LogP contribution is -2.44. The van der Waals surface area contributed by atoms with Crippen molar-refractivity contribution in [3.8, 4) is 0 Å². The van der Waals surface area contributed by atoms with Gasteiger partial charge in [0.15, 0.2) is 0 Å². The molecule has 104 valence electrons. The van der Waals surface area contributed by atoms with Gasteiger partial charge in [-0.2, -0.15) is 0 Å². The summed E-state index contributed by atoms with van der Waals surface area (Å²) in [7, 11) is 0. The van der Waals surface area contributed by atoms with E-state index >= 15 is 0 Å². The quantitative estimate of drug-likeness (QED) is 0.864. The number of hydrogen-bond acceptors (Lipinski definition) is 2. The lowest BCUT2D eigenvalue weighted by molar-refractivity contribution is 0.0766. The van der Waals surface area contributed by atoms with Crippen molar-refractivity contribution in [2.75, 3.05) is 18.4 Å². The number of piperidine rings is 1. The smallest absolute Gasteiger partial charge is 0.321 e. The van der Waals surface area contributed by atoms with Gasteiger partial charge in [-0.3, -0.25) is 0 Å². The zero-order valence-corrected chi connectivity index (χ0v) is 11.0. The molecule has 2 unspecified atom stereocenters. The van der Waals surface area contributed by atoms with E-state index in [2.05, 4.69) is 5.32 Å². The van der Waals surface area contributed by atoms with Crippen LogP contribution in [0.5, 0.6) is 0 Å². The van der Waals surface area contributed by atoms with Crippen molar-refractivity contribution in [2.24, 2.45) is 5.92 Å². The molecule has 0 bridgehead atoms. The normalized spacial score (nSPS) is 21.0. The summed E-state index contributed by atoms with van der Waals surface area (Å²) in [6, 6.07) is 5.78. The van der Waals surface area contributed by atoms with E-state index in [4.69, 9.17) is 0 Å². The Morgan fingerprint density at radius 1 is 1.53 bits per heavy atom. The minimum Gasteiger partial charge on any atom is -0.393 e. The number of rotatable bonds is 2. The van der Waals surface area contributed by atoms with Crippen molar-refractivity contribution in [1.29, 1.82) is 0 Å². The van der Waals surface area contributed by atoms with E-state index in [9.17, 15) is 14.3 Å². The molecule has 1 aromatic carbocycles. The molecular weight excluding hydrogens is 247 g/mol. The molecule has 1 saturated heterocycles. The summed E-state index contributed by atoms with van der Waals surface area (Å²) in [6.45, 7) is 2.89. The number of anilines is 1. The lowest BCUT2D eigenvalue weighted by Gasteiger charge is -2.34. The summed E-state index contributed by atoms with van der Waals surface area (Å²) in [5.74, 6) is -0.347. The molecule has 2 amide bonds. The number of aliphatic hydroxyl groups excluding tert-OH is 1. The van der Waals surface area contributed by atoms with E-state index in [1.807, 2.05) is 0 Å². The molecule has 4 nitrogen and oxygen atoms in total. The van der Waals surface area contributed by atoms with Gasteiger partial charge in [0.25, 0.3) is 0 Å². The Bertz CT molecular complexity index is 451. The summed E-state index contributed by atoms with van der Waals surface area (Å²) >= 11 is 0. The minimum atomic E-state index is -0.445. The highest BCUT2D eigenvalue weighted by atomic mass is 19.1. The molecule has 1 aromatic rings. The fourth-order valence-electron chi connectivity index (χ4n) is 2.35. The van der Waals surface area contributed by atoms with Gasteiger partial charge in [0.1, 0.15) is 5.82 Å². The highest BCUT2D eigenvalue weighted by Gasteiger charge is 2.26. The van der Waals surface area contributed by atoms with E-state index in [-0.39, 0.29) is 17.6 Å². The zero-order valence-electron chi connectivity index (χ0n) is 11.0. The second-order valence-electron chi connectivity index (χ2n) is 5.00. The van der Waals surface area contributed by atoms with Crippen LogP contribution < -0.4 is 5.32 Å². The van der Waals surface area contributed by atoms with Gasteiger partial charge < -0.3 is 15.3 Å². The van der Waals surface area contributed by atoms with Gasteiger partial charge in [-0.25, -0.2) is 9.18 Å². The molecule has 0 spiro atoms. The van der Waals surface area contributed by atoms with Crippen LogP contribution >= 0.6 is 0 Å². The highest BCUT2D eigenvalue weighted by Crippen LogP contribution is 2.21. The van der Waals surface area contributed by atoms with Gasteiger partial charge in [0.05, 0.1) is 11.8 Å². The predicted octanol–water partition coefficient (Wildman–Crippen LogP) is 2.45. The second-order valence-corrected chi connectivity index (χ2v) is 5.00.